The highest BCUT2D eigenvalue weighted by Crippen LogP contribution is 2.28. The van der Waals surface area contributed by atoms with Crippen LogP contribution in [0.2, 0.25) is 0 Å². The maximum atomic E-state index is 12.5. The summed E-state index contributed by atoms with van der Waals surface area (Å²) in [4.78, 5) is 22.5. The van der Waals surface area contributed by atoms with Crippen molar-refractivity contribution in [3.05, 3.63) is 59.9 Å². The second-order valence-electron chi connectivity index (χ2n) is 6.65. The third-order valence-electron chi connectivity index (χ3n) is 4.96. The average Bonchev–Trinajstić information content (AvgIpc) is 3.08. The van der Waals surface area contributed by atoms with Crippen LogP contribution in [0.4, 0.5) is 10.5 Å². The number of amides is 2. The van der Waals surface area contributed by atoms with Gasteiger partial charge in [0, 0.05) is 24.7 Å². The molecule has 0 bridgehead atoms. The molecule has 0 atom stereocenters. The van der Waals surface area contributed by atoms with Crippen LogP contribution in [0.5, 0.6) is 0 Å². The van der Waals surface area contributed by atoms with Gasteiger partial charge in [-0.25, -0.2) is 9.78 Å². The number of carbonyl (C=O) groups excluding carboxylic acids is 1. The Morgan fingerprint density at radius 3 is 2.60 bits per heavy atom. The minimum absolute atomic E-state index is 0.0163. The number of carbonyl (C=O) groups is 1. The van der Waals surface area contributed by atoms with Crippen LogP contribution in [0, 0.1) is 6.92 Å². The van der Waals surface area contributed by atoms with E-state index < -0.39 is 0 Å². The molecule has 3 aromatic rings. The first kappa shape index (κ1) is 15.7. The number of aromatic nitrogens is 2. The fourth-order valence-electron chi connectivity index (χ4n) is 3.43. The second-order valence-corrected chi connectivity index (χ2v) is 6.65. The molecule has 0 spiro atoms. The fourth-order valence-corrected chi connectivity index (χ4v) is 3.43. The SMILES string of the molecule is Cc1ccccc1NC(=O)N1CCC(c2nc3ccccc3[nH]2)CC1. The summed E-state index contributed by atoms with van der Waals surface area (Å²) in [6.45, 7) is 3.50. The number of rotatable bonds is 2. The van der Waals surface area contributed by atoms with E-state index in [0.29, 0.717) is 5.92 Å². The molecular weight excluding hydrogens is 312 g/mol. The summed E-state index contributed by atoms with van der Waals surface area (Å²) in [7, 11) is 0. The molecule has 5 nitrogen and oxygen atoms in total. The number of aryl methyl sites for hydroxylation is 1. The average molecular weight is 334 g/mol. The van der Waals surface area contributed by atoms with Gasteiger partial charge in [-0.05, 0) is 43.5 Å². The van der Waals surface area contributed by atoms with E-state index >= 15 is 0 Å². The van der Waals surface area contributed by atoms with Crippen molar-refractivity contribution in [2.75, 3.05) is 18.4 Å². The van der Waals surface area contributed by atoms with Crippen LogP contribution >= 0.6 is 0 Å². The van der Waals surface area contributed by atoms with E-state index in [4.69, 9.17) is 4.98 Å². The van der Waals surface area contributed by atoms with Crippen molar-refractivity contribution in [3.8, 4) is 0 Å². The van der Waals surface area contributed by atoms with Crippen molar-refractivity contribution >= 4 is 22.8 Å². The van der Waals surface area contributed by atoms with Crippen molar-refractivity contribution < 1.29 is 4.79 Å². The summed E-state index contributed by atoms with van der Waals surface area (Å²) < 4.78 is 0. The maximum absolute atomic E-state index is 12.5. The Morgan fingerprint density at radius 2 is 1.84 bits per heavy atom. The first-order valence-electron chi connectivity index (χ1n) is 8.77. The molecule has 1 fully saturated rings. The Hall–Kier alpha value is -2.82. The molecule has 1 aromatic heterocycles. The molecule has 1 aliphatic heterocycles. The molecular formula is C20H22N4O. The lowest BCUT2D eigenvalue weighted by molar-refractivity contribution is 0.193. The molecule has 25 heavy (non-hydrogen) atoms. The highest BCUT2D eigenvalue weighted by atomic mass is 16.2. The van der Waals surface area contributed by atoms with Gasteiger partial charge < -0.3 is 15.2 Å². The van der Waals surface area contributed by atoms with Crippen LogP contribution in [0.3, 0.4) is 0 Å². The van der Waals surface area contributed by atoms with Crippen molar-refractivity contribution in [2.24, 2.45) is 0 Å². The van der Waals surface area contributed by atoms with Gasteiger partial charge in [0.2, 0.25) is 0 Å². The van der Waals surface area contributed by atoms with Crippen LogP contribution < -0.4 is 5.32 Å². The lowest BCUT2D eigenvalue weighted by Gasteiger charge is -2.31. The summed E-state index contributed by atoms with van der Waals surface area (Å²) in [5.41, 5.74) is 4.05. The molecule has 2 aromatic carbocycles. The van der Waals surface area contributed by atoms with E-state index in [1.807, 2.05) is 54.3 Å². The Morgan fingerprint density at radius 1 is 1.12 bits per heavy atom. The third-order valence-corrected chi connectivity index (χ3v) is 4.96. The lowest BCUT2D eigenvalue weighted by atomic mass is 9.96. The van der Waals surface area contributed by atoms with Crippen LogP contribution in [-0.2, 0) is 0 Å². The number of piperidine rings is 1. The fraction of sp³-hybridized carbons (Fsp3) is 0.300. The largest absolute Gasteiger partial charge is 0.342 e. The number of nitrogens with one attached hydrogen (secondary N) is 2. The van der Waals surface area contributed by atoms with Gasteiger partial charge in [0.15, 0.2) is 0 Å². The minimum atomic E-state index is -0.0163. The second kappa shape index (κ2) is 6.59. The highest BCUT2D eigenvalue weighted by molar-refractivity contribution is 5.90. The number of H-pyrrole nitrogens is 1. The molecule has 128 valence electrons. The number of imidazole rings is 1. The van der Waals surface area contributed by atoms with E-state index in [2.05, 4.69) is 16.4 Å². The normalized spacial score (nSPS) is 15.5. The Bertz CT molecular complexity index is 860. The zero-order valence-electron chi connectivity index (χ0n) is 14.3. The summed E-state index contributed by atoms with van der Waals surface area (Å²) >= 11 is 0. The predicted molar refractivity (Wildman–Crippen MR) is 99.8 cm³/mol. The van der Waals surface area contributed by atoms with Gasteiger partial charge in [-0.3, -0.25) is 0 Å². The molecule has 0 saturated carbocycles. The van der Waals surface area contributed by atoms with Gasteiger partial charge in [0.25, 0.3) is 0 Å². The molecule has 1 aliphatic rings. The van der Waals surface area contributed by atoms with Gasteiger partial charge in [-0.1, -0.05) is 30.3 Å². The van der Waals surface area contributed by atoms with Crippen molar-refractivity contribution in [1.29, 1.82) is 0 Å². The van der Waals surface area contributed by atoms with E-state index in [1.54, 1.807) is 0 Å². The van der Waals surface area contributed by atoms with Crippen molar-refractivity contribution in [2.45, 2.75) is 25.7 Å². The summed E-state index contributed by atoms with van der Waals surface area (Å²) in [6, 6.07) is 15.9. The lowest BCUT2D eigenvalue weighted by Crippen LogP contribution is -2.40. The van der Waals surface area contributed by atoms with E-state index in [9.17, 15) is 4.79 Å². The number of anilines is 1. The summed E-state index contributed by atoms with van der Waals surface area (Å²) in [6.07, 6.45) is 1.86. The molecule has 5 heteroatoms. The molecule has 2 heterocycles. The highest BCUT2D eigenvalue weighted by Gasteiger charge is 2.25. The topological polar surface area (TPSA) is 61.0 Å². The molecule has 2 N–H and O–H groups in total. The first-order chi connectivity index (χ1) is 12.2. The van der Waals surface area contributed by atoms with Crippen molar-refractivity contribution in [3.63, 3.8) is 0 Å². The number of urea groups is 1. The number of para-hydroxylation sites is 3. The molecule has 2 amide bonds. The Labute approximate surface area is 147 Å². The number of likely N-dealkylation sites (tertiary alicyclic amines) is 1. The van der Waals surface area contributed by atoms with Crippen LogP contribution in [0.1, 0.15) is 30.1 Å². The number of aromatic amines is 1. The summed E-state index contributed by atoms with van der Waals surface area (Å²) in [5.74, 6) is 1.43. The van der Waals surface area contributed by atoms with Crippen molar-refractivity contribution in [1.82, 2.24) is 14.9 Å². The van der Waals surface area contributed by atoms with Gasteiger partial charge >= 0.3 is 6.03 Å². The molecule has 0 radical (unpaired) electrons. The monoisotopic (exact) mass is 334 g/mol. The standard InChI is InChI=1S/C20H22N4O/c1-14-6-2-3-7-16(14)23-20(25)24-12-10-15(11-13-24)19-21-17-8-4-5-9-18(17)22-19/h2-9,15H,10-13H2,1H3,(H,21,22)(H,23,25). The van der Waals surface area contributed by atoms with E-state index in [0.717, 1.165) is 54.0 Å². The number of nitrogens with zero attached hydrogens (tertiary/aromatic N) is 2. The molecule has 0 aliphatic carbocycles. The Balaban J connectivity index is 1.39. The third kappa shape index (κ3) is 3.22. The van der Waals surface area contributed by atoms with Gasteiger partial charge in [0.1, 0.15) is 5.82 Å². The molecule has 0 unspecified atom stereocenters. The number of fused-ring (bicyclic) bond motifs is 1. The smallest absolute Gasteiger partial charge is 0.321 e. The first-order valence-corrected chi connectivity index (χ1v) is 8.77. The maximum Gasteiger partial charge on any atom is 0.321 e. The van der Waals surface area contributed by atoms with Gasteiger partial charge in [0.05, 0.1) is 11.0 Å². The van der Waals surface area contributed by atoms with Crippen LogP contribution in [0.15, 0.2) is 48.5 Å². The van der Waals surface area contributed by atoms with E-state index in [-0.39, 0.29) is 6.03 Å². The Kier molecular flexibility index (Phi) is 4.14. The van der Waals surface area contributed by atoms with Crippen LogP contribution in [-0.4, -0.2) is 34.0 Å². The van der Waals surface area contributed by atoms with Gasteiger partial charge in [-0.15, -0.1) is 0 Å². The predicted octanol–water partition coefficient (Wildman–Crippen LogP) is 4.28. The minimum Gasteiger partial charge on any atom is -0.342 e. The molecule has 4 rings (SSSR count). The number of hydrogen-bond acceptors (Lipinski definition) is 2. The van der Waals surface area contributed by atoms with Crippen LogP contribution in [0.25, 0.3) is 11.0 Å². The number of benzene rings is 2. The quantitative estimate of drug-likeness (QED) is 0.735. The molecule has 1 saturated heterocycles. The summed E-state index contributed by atoms with van der Waals surface area (Å²) in [5, 5.41) is 3.02. The van der Waals surface area contributed by atoms with E-state index in [1.165, 1.54) is 0 Å². The zero-order chi connectivity index (χ0) is 17.2. The van der Waals surface area contributed by atoms with Gasteiger partial charge in [-0.2, -0.15) is 0 Å². The zero-order valence-corrected chi connectivity index (χ0v) is 14.3. The number of hydrogen-bond donors (Lipinski definition) is 2.